The maximum absolute atomic E-state index is 12.0. The Balaban J connectivity index is 2.05. The Labute approximate surface area is 144 Å². The summed E-state index contributed by atoms with van der Waals surface area (Å²) >= 11 is 5.86. The molecule has 1 N–H and O–H groups in total. The van der Waals surface area contributed by atoms with Crippen molar-refractivity contribution in [1.29, 1.82) is 0 Å². The van der Waals surface area contributed by atoms with Crippen molar-refractivity contribution in [3.8, 4) is 5.75 Å². The van der Waals surface area contributed by atoms with E-state index in [1.54, 1.807) is 6.92 Å². The van der Waals surface area contributed by atoms with E-state index in [1.807, 2.05) is 32.0 Å². The number of nitrogens with zero attached hydrogens (tertiary/aromatic N) is 1. The largest absolute Gasteiger partial charge is 0.483 e. The second-order valence-corrected chi connectivity index (χ2v) is 5.89. The number of benzene rings is 2. The van der Waals surface area contributed by atoms with Crippen LogP contribution in [0.2, 0.25) is 5.02 Å². The van der Waals surface area contributed by atoms with E-state index in [1.165, 1.54) is 12.1 Å². The van der Waals surface area contributed by atoms with Crippen molar-refractivity contribution < 1.29 is 14.5 Å². The normalized spacial score (nSPS) is 10.3. The average Bonchev–Trinajstić information content (AvgIpc) is 2.49. The molecule has 0 aliphatic carbocycles. The number of hydrogen-bond acceptors (Lipinski definition) is 4. The number of nitro groups is 1. The molecule has 0 heterocycles. The number of carbonyl (C=O) groups excluding carboxylic acids is 1. The summed E-state index contributed by atoms with van der Waals surface area (Å²) in [5, 5.41) is 13.5. The van der Waals surface area contributed by atoms with Crippen LogP contribution in [0.5, 0.6) is 5.75 Å². The van der Waals surface area contributed by atoms with E-state index < -0.39 is 4.92 Å². The number of nitrogens with one attached hydrogen (secondary N) is 1. The van der Waals surface area contributed by atoms with Gasteiger partial charge in [0.15, 0.2) is 6.61 Å². The molecule has 126 valence electrons. The van der Waals surface area contributed by atoms with Crippen LogP contribution >= 0.6 is 11.6 Å². The zero-order valence-electron chi connectivity index (χ0n) is 13.6. The summed E-state index contributed by atoms with van der Waals surface area (Å²) in [6, 6.07) is 8.37. The monoisotopic (exact) mass is 348 g/mol. The number of aryl methyl sites for hydroxylation is 3. The zero-order chi connectivity index (χ0) is 17.9. The Hall–Kier alpha value is -2.60. The van der Waals surface area contributed by atoms with Crippen LogP contribution in [0.3, 0.4) is 0 Å². The van der Waals surface area contributed by atoms with E-state index in [-0.39, 0.29) is 23.2 Å². The minimum absolute atomic E-state index is 0.0313. The quantitative estimate of drug-likeness (QED) is 0.648. The first kappa shape index (κ1) is 17.7. The summed E-state index contributed by atoms with van der Waals surface area (Å²) in [5.41, 5.74) is 2.82. The molecule has 2 rings (SSSR count). The molecule has 0 aromatic heterocycles. The van der Waals surface area contributed by atoms with Gasteiger partial charge in [-0.15, -0.1) is 0 Å². The molecule has 6 nitrogen and oxygen atoms in total. The molecule has 2 aromatic carbocycles. The van der Waals surface area contributed by atoms with Crippen molar-refractivity contribution in [3.63, 3.8) is 0 Å². The summed E-state index contributed by atoms with van der Waals surface area (Å²) in [6.45, 7) is 5.37. The van der Waals surface area contributed by atoms with Crippen molar-refractivity contribution in [1.82, 2.24) is 0 Å². The van der Waals surface area contributed by atoms with Crippen LogP contribution in [0.1, 0.15) is 16.7 Å². The lowest BCUT2D eigenvalue weighted by Gasteiger charge is -2.12. The molecular weight excluding hydrogens is 332 g/mol. The minimum Gasteiger partial charge on any atom is -0.483 e. The molecule has 0 saturated heterocycles. The third-order valence-corrected chi connectivity index (χ3v) is 3.76. The number of anilines is 1. The Morgan fingerprint density at radius 1 is 1.21 bits per heavy atom. The van der Waals surface area contributed by atoms with Gasteiger partial charge in [0.2, 0.25) is 0 Å². The van der Waals surface area contributed by atoms with E-state index >= 15 is 0 Å². The van der Waals surface area contributed by atoms with Crippen LogP contribution in [0.4, 0.5) is 11.4 Å². The van der Waals surface area contributed by atoms with Crippen LogP contribution in [0, 0.1) is 30.9 Å². The van der Waals surface area contributed by atoms with Crippen LogP contribution in [0.25, 0.3) is 0 Å². The predicted molar refractivity (Wildman–Crippen MR) is 92.9 cm³/mol. The summed E-state index contributed by atoms with van der Waals surface area (Å²) in [5.74, 6) is 0.261. The molecule has 1 amide bonds. The number of hydrogen-bond donors (Lipinski definition) is 1. The highest BCUT2D eigenvalue weighted by atomic mass is 35.5. The maximum Gasteiger partial charge on any atom is 0.288 e. The van der Waals surface area contributed by atoms with Crippen LogP contribution in [0.15, 0.2) is 30.3 Å². The van der Waals surface area contributed by atoms with Crippen molar-refractivity contribution >= 4 is 28.9 Å². The van der Waals surface area contributed by atoms with Gasteiger partial charge in [-0.25, -0.2) is 0 Å². The summed E-state index contributed by atoms with van der Waals surface area (Å²) in [7, 11) is 0. The minimum atomic E-state index is -0.565. The Bertz CT molecular complexity index is 805. The van der Waals surface area contributed by atoms with Gasteiger partial charge in [-0.05, 0) is 44.0 Å². The Kier molecular flexibility index (Phi) is 5.41. The number of rotatable bonds is 5. The van der Waals surface area contributed by atoms with Crippen molar-refractivity contribution in [2.45, 2.75) is 20.8 Å². The Morgan fingerprint density at radius 2 is 1.92 bits per heavy atom. The predicted octanol–water partition coefficient (Wildman–Crippen LogP) is 4.19. The van der Waals surface area contributed by atoms with Gasteiger partial charge < -0.3 is 10.1 Å². The molecule has 7 heteroatoms. The highest BCUT2D eigenvalue weighted by molar-refractivity contribution is 6.33. The molecule has 2 aromatic rings. The van der Waals surface area contributed by atoms with E-state index in [2.05, 4.69) is 5.32 Å². The summed E-state index contributed by atoms with van der Waals surface area (Å²) in [4.78, 5) is 22.3. The fourth-order valence-electron chi connectivity index (χ4n) is 2.23. The van der Waals surface area contributed by atoms with Gasteiger partial charge in [-0.2, -0.15) is 0 Å². The molecule has 24 heavy (non-hydrogen) atoms. The van der Waals surface area contributed by atoms with Gasteiger partial charge in [0.25, 0.3) is 11.6 Å². The van der Waals surface area contributed by atoms with Gasteiger partial charge in [0, 0.05) is 11.8 Å². The lowest BCUT2D eigenvalue weighted by molar-refractivity contribution is -0.384. The van der Waals surface area contributed by atoms with Crippen molar-refractivity contribution in [2.24, 2.45) is 0 Å². The SMILES string of the molecule is Cc1ccc(OCC(=O)Nc2cc(Cl)c([N+](=O)[O-])cc2C)c(C)c1. The lowest BCUT2D eigenvalue weighted by atomic mass is 10.1. The van der Waals surface area contributed by atoms with Gasteiger partial charge in [-0.1, -0.05) is 29.3 Å². The highest BCUT2D eigenvalue weighted by Gasteiger charge is 2.16. The van der Waals surface area contributed by atoms with E-state index in [0.29, 0.717) is 17.0 Å². The first-order chi connectivity index (χ1) is 11.3. The molecule has 0 unspecified atom stereocenters. The molecule has 0 radical (unpaired) electrons. The van der Waals surface area contributed by atoms with Crippen molar-refractivity contribution in [2.75, 3.05) is 11.9 Å². The van der Waals surface area contributed by atoms with Crippen LogP contribution < -0.4 is 10.1 Å². The number of carbonyl (C=O) groups is 1. The lowest BCUT2D eigenvalue weighted by Crippen LogP contribution is -2.21. The van der Waals surface area contributed by atoms with Crippen molar-refractivity contribution in [3.05, 3.63) is 62.2 Å². The fourth-order valence-corrected chi connectivity index (χ4v) is 2.46. The average molecular weight is 349 g/mol. The molecular formula is C17H17ClN2O4. The number of halogens is 1. The molecule has 0 aliphatic rings. The summed E-state index contributed by atoms with van der Waals surface area (Å²) in [6.07, 6.45) is 0. The fraction of sp³-hybridized carbons (Fsp3) is 0.235. The number of amides is 1. The van der Waals surface area contributed by atoms with Gasteiger partial charge in [0.05, 0.1) is 4.92 Å². The molecule has 0 saturated carbocycles. The third-order valence-electron chi connectivity index (χ3n) is 3.45. The molecule has 0 fully saturated rings. The van der Waals surface area contributed by atoms with Crippen LogP contribution in [-0.4, -0.2) is 17.4 Å². The Morgan fingerprint density at radius 3 is 2.54 bits per heavy atom. The van der Waals surface area contributed by atoms with Gasteiger partial charge >= 0.3 is 0 Å². The van der Waals surface area contributed by atoms with E-state index in [4.69, 9.17) is 16.3 Å². The number of ether oxygens (including phenoxy) is 1. The third kappa shape index (κ3) is 4.23. The van der Waals surface area contributed by atoms with Gasteiger partial charge in [0.1, 0.15) is 10.8 Å². The standard InChI is InChI=1S/C17H17ClN2O4/c1-10-4-5-16(12(3)6-10)24-9-17(21)19-14-8-13(18)15(20(22)23)7-11(14)2/h4-8H,9H2,1-3H3,(H,19,21). The maximum atomic E-state index is 12.0. The zero-order valence-corrected chi connectivity index (χ0v) is 14.3. The summed E-state index contributed by atoms with van der Waals surface area (Å²) < 4.78 is 5.50. The number of nitro benzene ring substituents is 1. The molecule has 0 atom stereocenters. The smallest absolute Gasteiger partial charge is 0.288 e. The first-order valence-electron chi connectivity index (χ1n) is 7.22. The molecule has 0 bridgehead atoms. The van der Waals surface area contributed by atoms with E-state index in [9.17, 15) is 14.9 Å². The second kappa shape index (κ2) is 7.31. The molecule has 0 aliphatic heterocycles. The van der Waals surface area contributed by atoms with Gasteiger partial charge in [-0.3, -0.25) is 14.9 Å². The van der Waals surface area contributed by atoms with Crippen LogP contribution in [-0.2, 0) is 4.79 Å². The molecule has 0 spiro atoms. The second-order valence-electron chi connectivity index (χ2n) is 5.48. The topological polar surface area (TPSA) is 81.5 Å². The highest BCUT2D eigenvalue weighted by Crippen LogP contribution is 2.30. The van der Waals surface area contributed by atoms with E-state index in [0.717, 1.165) is 11.1 Å². The first-order valence-corrected chi connectivity index (χ1v) is 7.60.